The fourth-order valence-corrected chi connectivity index (χ4v) is 0.829. The highest BCUT2D eigenvalue weighted by atomic mass is 16.5. The van der Waals surface area contributed by atoms with Crippen molar-refractivity contribution >= 4 is 41.8 Å². The highest BCUT2D eigenvalue weighted by Gasteiger charge is 1.99. The number of carboxylic acid groups (broad SMARTS) is 2. The van der Waals surface area contributed by atoms with E-state index in [-0.39, 0.29) is 29.9 Å². The van der Waals surface area contributed by atoms with Gasteiger partial charge in [0, 0.05) is 46.7 Å². The number of carbonyl (C=O) groups is 7. The number of aliphatic carboxylic acids is 2. The van der Waals surface area contributed by atoms with Crippen molar-refractivity contribution in [1.82, 2.24) is 10.6 Å². The summed E-state index contributed by atoms with van der Waals surface area (Å²) in [7, 11) is 4.43. The molecule has 0 aliphatic heterocycles. The van der Waals surface area contributed by atoms with Crippen LogP contribution in [0.5, 0.6) is 0 Å². The third-order valence-electron chi connectivity index (χ3n) is 2.24. The van der Waals surface area contributed by atoms with Gasteiger partial charge >= 0.3 is 5.97 Å². The average molecular weight is 453 g/mol. The highest BCUT2D eigenvalue weighted by molar-refractivity contribution is 5.83. The van der Waals surface area contributed by atoms with E-state index in [0.717, 1.165) is 6.92 Å². The van der Waals surface area contributed by atoms with Crippen molar-refractivity contribution in [3.63, 3.8) is 0 Å². The molecule has 0 aromatic rings. The molecule has 0 bridgehead atoms. The van der Waals surface area contributed by atoms with Gasteiger partial charge in [-0.25, -0.2) is 0 Å². The maximum atomic E-state index is 10.5. The summed E-state index contributed by atoms with van der Waals surface area (Å²) in [6, 6.07) is 0. The predicted molar refractivity (Wildman–Crippen MR) is 111 cm³/mol. The van der Waals surface area contributed by atoms with Gasteiger partial charge in [-0.15, -0.1) is 0 Å². The molecule has 13 heteroatoms. The van der Waals surface area contributed by atoms with E-state index in [2.05, 4.69) is 21.1 Å². The summed E-state index contributed by atoms with van der Waals surface area (Å²) < 4.78 is 3.86. The van der Waals surface area contributed by atoms with E-state index in [0.29, 0.717) is 32.2 Å². The maximum Gasteiger partial charge on any atom is 0.317 e. The molecule has 6 N–H and O–H groups in total. The molecular formula is C18H35N3O10. The first-order valence-corrected chi connectivity index (χ1v) is 8.73. The average Bonchev–Trinajstić information content (AvgIpc) is 2.70. The van der Waals surface area contributed by atoms with Crippen LogP contribution in [-0.2, 0) is 38.3 Å². The Morgan fingerprint density at radius 3 is 1.13 bits per heavy atom. The molecule has 0 atom stereocenters. The molecule has 0 aromatic heterocycles. The molecule has 31 heavy (non-hydrogen) atoms. The number of methoxy groups -OCH3 is 1. The van der Waals surface area contributed by atoms with Gasteiger partial charge in [0.1, 0.15) is 11.6 Å². The van der Waals surface area contributed by atoms with Crippen LogP contribution in [0.3, 0.4) is 0 Å². The lowest BCUT2D eigenvalue weighted by molar-refractivity contribution is -0.136. The van der Waals surface area contributed by atoms with Crippen molar-refractivity contribution in [3.8, 4) is 0 Å². The maximum absolute atomic E-state index is 10.5. The molecule has 0 saturated heterocycles. The lowest BCUT2D eigenvalue weighted by Gasteiger charge is -1.93. The second-order valence-corrected chi connectivity index (χ2v) is 5.20. The fourth-order valence-electron chi connectivity index (χ4n) is 0.829. The number of amides is 2. The number of ether oxygens (including phenoxy) is 1. The zero-order valence-electron chi connectivity index (χ0n) is 18.9. The van der Waals surface area contributed by atoms with Crippen molar-refractivity contribution in [2.24, 2.45) is 5.73 Å². The Bertz CT molecular complexity index is 503. The quantitative estimate of drug-likeness (QED) is 0.284. The molecule has 0 radical (unpaired) electrons. The topological polar surface area (TPSA) is 219 Å². The molecule has 0 saturated carbocycles. The van der Waals surface area contributed by atoms with E-state index >= 15 is 0 Å². The summed E-state index contributed by atoms with van der Waals surface area (Å²) in [4.78, 5) is 68.7. The number of hydrogen-bond donors (Lipinski definition) is 5. The predicted octanol–water partition coefficient (Wildman–Crippen LogP) is -0.887. The van der Waals surface area contributed by atoms with Crippen LogP contribution in [0, 0.1) is 0 Å². The molecule has 2 amide bonds. The molecule has 0 fully saturated rings. The summed E-state index contributed by atoms with van der Waals surface area (Å²) in [6.45, 7) is 4.13. The summed E-state index contributed by atoms with van der Waals surface area (Å²) >= 11 is 0. The number of nitrogens with one attached hydrogen (secondary N) is 2. The van der Waals surface area contributed by atoms with Crippen molar-refractivity contribution in [1.29, 1.82) is 0 Å². The number of carbonyl (C=O) groups excluding carboxylic acids is 5. The second-order valence-electron chi connectivity index (χ2n) is 5.20. The van der Waals surface area contributed by atoms with Gasteiger partial charge in [0.2, 0.25) is 11.8 Å². The van der Waals surface area contributed by atoms with E-state index in [1.807, 2.05) is 0 Å². The molecule has 0 spiro atoms. The zero-order chi connectivity index (χ0) is 25.8. The Kier molecular flexibility index (Phi) is 38.7. The van der Waals surface area contributed by atoms with Crippen molar-refractivity contribution in [2.75, 3.05) is 27.7 Å². The second kappa shape index (κ2) is 31.3. The van der Waals surface area contributed by atoms with Gasteiger partial charge in [-0.2, -0.15) is 0 Å². The molecule has 0 aliphatic rings. The Morgan fingerprint density at radius 2 is 1.03 bits per heavy atom. The summed E-state index contributed by atoms with van der Waals surface area (Å²) in [6.07, 6.45) is 1.32. The largest absolute Gasteiger partial charge is 0.481 e. The van der Waals surface area contributed by atoms with E-state index in [9.17, 15) is 24.0 Å². The SMILES string of the molecule is CC(=O)O.CNC(=O)CCC(C)=O.CNC(=O)CCC(C)=O.COC=O.NCC(=O)O. The van der Waals surface area contributed by atoms with Gasteiger partial charge in [0.25, 0.3) is 12.4 Å². The molecule has 0 aromatic carbocycles. The van der Waals surface area contributed by atoms with Gasteiger partial charge < -0.3 is 40.9 Å². The Labute approximate surface area is 181 Å². The van der Waals surface area contributed by atoms with Crippen LogP contribution in [0.15, 0.2) is 0 Å². The Balaban J connectivity index is -0.0000000956. The van der Waals surface area contributed by atoms with Crippen LogP contribution in [0.1, 0.15) is 46.5 Å². The number of rotatable bonds is 8. The first-order valence-electron chi connectivity index (χ1n) is 8.73. The number of ketones is 2. The number of hydrogen-bond acceptors (Lipinski definition) is 9. The monoisotopic (exact) mass is 453 g/mol. The minimum Gasteiger partial charge on any atom is -0.481 e. The summed E-state index contributed by atoms with van der Waals surface area (Å²) in [5.41, 5.74) is 4.57. The minimum atomic E-state index is -0.968. The van der Waals surface area contributed by atoms with Crippen LogP contribution in [0.2, 0.25) is 0 Å². The Hall–Kier alpha value is -3.35. The van der Waals surface area contributed by atoms with Gasteiger partial charge in [0.15, 0.2) is 0 Å². The van der Waals surface area contributed by atoms with E-state index < -0.39 is 11.9 Å². The first-order chi connectivity index (χ1) is 14.2. The number of carboxylic acids is 2. The Morgan fingerprint density at radius 1 is 0.806 bits per heavy atom. The molecule has 0 unspecified atom stereocenters. The van der Waals surface area contributed by atoms with Crippen molar-refractivity contribution in [2.45, 2.75) is 46.5 Å². The van der Waals surface area contributed by atoms with Crippen LogP contribution < -0.4 is 16.4 Å². The molecule has 0 rings (SSSR count). The van der Waals surface area contributed by atoms with Crippen LogP contribution in [-0.4, -0.2) is 79.8 Å². The van der Waals surface area contributed by atoms with Crippen molar-refractivity contribution in [3.05, 3.63) is 0 Å². The molecule has 182 valence electrons. The van der Waals surface area contributed by atoms with Crippen LogP contribution in [0.4, 0.5) is 0 Å². The van der Waals surface area contributed by atoms with E-state index in [4.69, 9.17) is 19.8 Å². The number of nitrogens with two attached hydrogens (primary N) is 1. The van der Waals surface area contributed by atoms with Crippen molar-refractivity contribution < 1.29 is 48.5 Å². The lowest BCUT2D eigenvalue weighted by Crippen LogP contribution is -2.17. The smallest absolute Gasteiger partial charge is 0.317 e. The first kappa shape index (κ1) is 38.3. The molecule has 0 aliphatic carbocycles. The lowest BCUT2D eigenvalue weighted by atomic mass is 10.2. The third-order valence-corrected chi connectivity index (χ3v) is 2.24. The normalized spacial score (nSPS) is 7.71. The third kappa shape index (κ3) is 86.9. The summed E-state index contributed by atoms with van der Waals surface area (Å²) in [5, 5.41) is 19.9. The molecule has 13 nitrogen and oxygen atoms in total. The van der Waals surface area contributed by atoms with E-state index in [1.165, 1.54) is 21.0 Å². The minimum absolute atomic E-state index is 0.0543. The van der Waals surface area contributed by atoms with Gasteiger partial charge in [-0.05, 0) is 13.8 Å². The standard InChI is InChI=1S/2C6H11NO2.C2H5NO2.2C2H4O2/c2*1-5(8)3-4-6(9)7-2;3-1-2(4)5;1-4-2-3;1-2(3)4/h2*3-4H2,1-2H3,(H,7,9);1,3H2,(H,4,5);2H,1H3;1H3,(H,3,4). The van der Waals surface area contributed by atoms with Crippen LogP contribution >= 0.6 is 0 Å². The fraction of sp³-hybridized carbons (Fsp3) is 0.611. The molecule has 0 heterocycles. The van der Waals surface area contributed by atoms with E-state index in [1.54, 1.807) is 14.1 Å². The summed E-state index contributed by atoms with van der Waals surface area (Å²) in [5.74, 6) is -1.85. The molecular weight excluding hydrogens is 418 g/mol. The highest BCUT2D eigenvalue weighted by Crippen LogP contribution is 1.88. The zero-order valence-corrected chi connectivity index (χ0v) is 18.9. The van der Waals surface area contributed by atoms with Gasteiger partial charge in [-0.1, -0.05) is 0 Å². The van der Waals surface area contributed by atoms with Gasteiger partial charge in [0.05, 0.1) is 13.7 Å². The van der Waals surface area contributed by atoms with Crippen LogP contribution in [0.25, 0.3) is 0 Å². The van der Waals surface area contributed by atoms with Gasteiger partial charge in [-0.3, -0.25) is 24.0 Å². The number of Topliss-reactive ketones (excluding diaryl/α,β-unsaturated/α-hetero) is 2.